The fourth-order valence-electron chi connectivity index (χ4n) is 2.27. The molecule has 3 atom stereocenters. The third-order valence-corrected chi connectivity index (χ3v) is 3.24. The van der Waals surface area contributed by atoms with Crippen LogP contribution in [0.4, 0.5) is 5.82 Å². The first kappa shape index (κ1) is 11.9. The fourth-order valence-corrected chi connectivity index (χ4v) is 2.27. The lowest BCUT2D eigenvalue weighted by atomic mass is 10.1. The molecule has 0 amide bonds. The number of aromatic nitrogens is 2. The van der Waals surface area contributed by atoms with E-state index < -0.39 is 11.8 Å². The van der Waals surface area contributed by atoms with Gasteiger partial charge in [0.2, 0.25) is 0 Å². The molecule has 0 saturated heterocycles. The number of hydrogen-bond acceptors (Lipinski definition) is 5. The van der Waals surface area contributed by atoms with Crippen LogP contribution in [-0.4, -0.2) is 39.2 Å². The number of rotatable bonds is 3. The van der Waals surface area contributed by atoms with E-state index in [1.54, 1.807) is 12.3 Å². The van der Waals surface area contributed by atoms with E-state index in [0.717, 1.165) is 0 Å². The van der Waals surface area contributed by atoms with Gasteiger partial charge >= 0.3 is 5.69 Å². The van der Waals surface area contributed by atoms with Crippen LogP contribution in [0.1, 0.15) is 18.9 Å². The molecule has 6 heteroatoms. The van der Waals surface area contributed by atoms with Crippen LogP contribution >= 0.6 is 0 Å². The van der Waals surface area contributed by atoms with Crippen molar-refractivity contribution in [2.24, 2.45) is 10.9 Å². The second kappa shape index (κ2) is 4.77. The van der Waals surface area contributed by atoms with Crippen LogP contribution in [-0.2, 0) is 0 Å². The number of hydrogen-bond donors (Lipinski definition) is 2. The minimum absolute atomic E-state index is 0.0634. The van der Waals surface area contributed by atoms with Gasteiger partial charge in [-0.2, -0.15) is 4.98 Å². The maximum atomic E-state index is 11.7. The molecule has 0 radical (unpaired) electrons. The molecular formula is C11H15N3O3. The third-order valence-electron chi connectivity index (χ3n) is 3.24. The summed E-state index contributed by atoms with van der Waals surface area (Å²) in [4.78, 5) is 19.0. The minimum atomic E-state index is -0.561. The van der Waals surface area contributed by atoms with Crippen molar-refractivity contribution in [1.29, 1.82) is 0 Å². The molecule has 0 bridgehead atoms. The second-order valence-corrected chi connectivity index (χ2v) is 4.27. The van der Waals surface area contributed by atoms with Gasteiger partial charge in [-0.05, 0) is 25.6 Å². The SMILES string of the molecule is C=Nc1ccn([C@@H]2CC(O)[C@H](CO)C2)c(=O)n1. The minimum Gasteiger partial charge on any atom is -0.396 e. The Balaban J connectivity index is 2.24. The van der Waals surface area contributed by atoms with E-state index in [0.29, 0.717) is 18.7 Å². The summed E-state index contributed by atoms with van der Waals surface area (Å²) in [6.45, 7) is 3.24. The standard InChI is InChI=1S/C11H15N3O3/c1-12-10-2-3-14(11(17)13-10)8-4-7(6-15)9(16)5-8/h2-3,7-9,15-16H,1,4-6H2/t7-,8-,9?/m0/s1. The molecule has 2 rings (SSSR count). The molecule has 1 heterocycles. The van der Waals surface area contributed by atoms with E-state index in [1.165, 1.54) is 4.57 Å². The maximum absolute atomic E-state index is 11.7. The van der Waals surface area contributed by atoms with Gasteiger partial charge in [-0.15, -0.1) is 0 Å². The highest BCUT2D eigenvalue weighted by molar-refractivity contribution is 5.37. The predicted octanol–water partition coefficient (Wildman–Crippen LogP) is -0.120. The normalized spacial score (nSPS) is 28.2. The van der Waals surface area contributed by atoms with E-state index in [4.69, 9.17) is 5.11 Å². The van der Waals surface area contributed by atoms with Crippen molar-refractivity contribution in [3.63, 3.8) is 0 Å². The van der Waals surface area contributed by atoms with Crippen molar-refractivity contribution in [2.75, 3.05) is 6.61 Å². The Labute approximate surface area is 98.3 Å². The van der Waals surface area contributed by atoms with E-state index in [-0.39, 0.29) is 18.6 Å². The Bertz CT molecular complexity index is 471. The summed E-state index contributed by atoms with van der Waals surface area (Å²) in [5.41, 5.74) is -0.398. The first-order chi connectivity index (χ1) is 8.15. The van der Waals surface area contributed by atoms with Gasteiger partial charge in [0.05, 0.1) is 6.10 Å². The number of aliphatic hydroxyl groups excluding tert-OH is 2. The Morgan fingerprint density at radius 2 is 2.35 bits per heavy atom. The predicted molar refractivity (Wildman–Crippen MR) is 62.6 cm³/mol. The summed E-state index contributed by atoms with van der Waals surface area (Å²) in [7, 11) is 0. The van der Waals surface area contributed by atoms with Gasteiger partial charge in [0.25, 0.3) is 0 Å². The Morgan fingerprint density at radius 3 is 2.88 bits per heavy atom. The topological polar surface area (TPSA) is 87.7 Å². The molecule has 0 aromatic carbocycles. The first-order valence-corrected chi connectivity index (χ1v) is 5.50. The molecular weight excluding hydrogens is 222 g/mol. The molecule has 1 aliphatic rings. The lowest BCUT2D eigenvalue weighted by Gasteiger charge is -2.12. The molecule has 1 aromatic rings. The molecule has 17 heavy (non-hydrogen) atoms. The van der Waals surface area contributed by atoms with Crippen molar-refractivity contribution >= 4 is 12.5 Å². The highest BCUT2D eigenvalue weighted by Gasteiger charge is 2.33. The van der Waals surface area contributed by atoms with Crippen LogP contribution in [0.3, 0.4) is 0 Å². The zero-order valence-corrected chi connectivity index (χ0v) is 9.36. The zero-order valence-electron chi connectivity index (χ0n) is 9.36. The molecule has 1 saturated carbocycles. The van der Waals surface area contributed by atoms with Crippen LogP contribution < -0.4 is 5.69 Å². The van der Waals surface area contributed by atoms with Crippen molar-refractivity contribution in [3.05, 3.63) is 22.7 Å². The largest absolute Gasteiger partial charge is 0.396 e. The molecule has 1 aromatic heterocycles. The van der Waals surface area contributed by atoms with Crippen molar-refractivity contribution < 1.29 is 10.2 Å². The molecule has 2 N–H and O–H groups in total. The molecule has 92 valence electrons. The highest BCUT2D eigenvalue weighted by Crippen LogP contribution is 2.33. The van der Waals surface area contributed by atoms with E-state index in [9.17, 15) is 9.90 Å². The van der Waals surface area contributed by atoms with Gasteiger partial charge < -0.3 is 10.2 Å². The second-order valence-electron chi connectivity index (χ2n) is 4.27. The molecule has 6 nitrogen and oxygen atoms in total. The summed E-state index contributed by atoms with van der Waals surface area (Å²) in [6.07, 6.45) is 2.10. The summed E-state index contributed by atoms with van der Waals surface area (Å²) < 4.78 is 1.48. The molecule has 1 aliphatic carbocycles. The third kappa shape index (κ3) is 2.27. The quantitative estimate of drug-likeness (QED) is 0.717. The lowest BCUT2D eigenvalue weighted by Crippen LogP contribution is -2.25. The number of nitrogens with zero attached hydrogens (tertiary/aromatic N) is 3. The molecule has 1 unspecified atom stereocenters. The maximum Gasteiger partial charge on any atom is 0.349 e. The van der Waals surface area contributed by atoms with E-state index in [1.807, 2.05) is 0 Å². The smallest absolute Gasteiger partial charge is 0.349 e. The van der Waals surface area contributed by atoms with Crippen LogP contribution in [0.5, 0.6) is 0 Å². The number of aliphatic imine (C=N–C) groups is 1. The summed E-state index contributed by atoms with van der Waals surface area (Å²) in [5.74, 6) is 0.132. The average Bonchev–Trinajstić information content (AvgIpc) is 2.70. The van der Waals surface area contributed by atoms with Crippen LogP contribution in [0.15, 0.2) is 22.1 Å². The summed E-state index contributed by atoms with van der Waals surface area (Å²) >= 11 is 0. The van der Waals surface area contributed by atoms with Gasteiger partial charge in [0.1, 0.15) is 0 Å². The highest BCUT2D eigenvalue weighted by atomic mass is 16.3. The van der Waals surface area contributed by atoms with Crippen molar-refractivity contribution in [3.8, 4) is 0 Å². The van der Waals surface area contributed by atoms with Crippen LogP contribution in [0.2, 0.25) is 0 Å². The summed E-state index contributed by atoms with van der Waals surface area (Å²) in [5, 5.41) is 18.8. The van der Waals surface area contributed by atoms with Crippen molar-refractivity contribution in [1.82, 2.24) is 9.55 Å². The van der Waals surface area contributed by atoms with E-state index in [2.05, 4.69) is 16.7 Å². The fraction of sp³-hybridized carbons (Fsp3) is 0.545. The van der Waals surface area contributed by atoms with Crippen molar-refractivity contribution in [2.45, 2.75) is 25.0 Å². The molecule has 1 fully saturated rings. The van der Waals surface area contributed by atoms with Gasteiger partial charge in [-0.25, -0.2) is 9.79 Å². The summed E-state index contributed by atoms with van der Waals surface area (Å²) in [6, 6.07) is 1.49. The van der Waals surface area contributed by atoms with Gasteiger partial charge in [-0.1, -0.05) is 0 Å². The average molecular weight is 237 g/mol. The van der Waals surface area contributed by atoms with Gasteiger partial charge in [0.15, 0.2) is 5.82 Å². The Hall–Kier alpha value is -1.53. The van der Waals surface area contributed by atoms with E-state index >= 15 is 0 Å². The zero-order chi connectivity index (χ0) is 12.4. The van der Waals surface area contributed by atoms with Crippen LogP contribution in [0.25, 0.3) is 0 Å². The molecule has 0 aliphatic heterocycles. The number of aliphatic hydroxyl groups is 2. The Morgan fingerprint density at radius 1 is 1.59 bits per heavy atom. The first-order valence-electron chi connectivity index (χ1n) is 5.50. The monoisotopic (exact) mass is 237 g/mol. The van der Waals surface area contributed by atoms with Crippen LogP contribution in [0, 0.1) is 5.92 Å². The Kier molecular flexibility index (Phi) is 3.35. The van der Waals surface area contributed by atoms with Gasteiger partial charge in [-0.3, -0.25) is 4.57 Å². The lowest BCUT2D eigenvalue weighted by molar-refractivity contribution is 0.0906. The van der Waals surface area contributed by atoms with Gasteiger partial charge in [0, 0.05) is 24.8 Å². The molecule has 0 spiro atoms.